The fourth-order valence-electron chi connectivity index (χ4n) is 0.992. The third-order valence-electron chi connectivity index (χ3n) is 1.65. The minimum atomic E-state index is -0.310. The molecule has 2 rings (SSSR count). The van der Waals surface area contributed by atoms with Gasteiger partial charge in [-0.25, -0.2) is 14.4 Å². The number of hydrogen-bond donors (Lipinski definition) is 0. The Kier molecular flexibility index (Phi) is 2.78. The highest BCUT2D eigenvalue weighted by molar-refractivity contribution is 6.28. The van der Waals surface area contributed by atoms with E-state index in [1.54, 1.807) is 0 Å². The molecule has 1 aromatic carbocycles. The van der Waals surface area contributed by atoms with Gasteiger partial charge in [0.05, 0.1) is 12.4 Å². The summed E-state index contributed by atoms with van der Waals surface area (Å²) in [5.74, 6) is 0.656. The monoisotopic (exact) mass is 224 g/mol. The molecule has 0 atom stereocenters. The lowest BCUT2D eigenvalue weighted by molar-refractivity contribution is 0.475. The van der Waals surface area contributed by atoms with Crippen molar-refractivity contribution in [2.24, 2.45) is 0 Å². The molecule has 76 valence electrons. The summed E-state index contributed by atoms with van der Waals surface area (Å²) >= 11 is 5.51. The van der Waals surface area contributed by atoms with Crippen LogP contribution in [0.4, 0.5) is 4.39 Å². The predicted octanol–water partition coefficient (Wildman–Crippen LogP) is 3.06. The van der Waals surface area contributed by atoms with E-state index in [0.717, 1.165) is 0 Å². The Bertz CT molecular complexity index is 400. The lowest BCUT2D eigenvalue weighted by Gasteiger charge is -2.03. The smallest absolute Gasteiger partial charge is 0.222 e. The second-order valence-electron chi connectivity index (χ2n) is 2.74. The van der Waals surface area contributed by atoms with Gasteiger partial charge in [0.1, 0.15) is 11.6 Å². The van der Waals surface area contributed by atoms with Crippen molar-refractivity contribution in [3.8, 4) is 11.5 Å². The third-order valence-corrected chi connectivity index (χ3v) is 1.84. The van der Waals surface area contributed by atoms with Gasteiger partial charge in [-0.15, -0.1) is 0 Å². The largest absolute Gasteiger partial charge is 0.454 e. The van der Waals surface area contributed by atoms with Gasteiger partial charge in [-0.05, 0) is 35.9 Å². The van der Waals surface area contributed by atoms with Crippen molar-refractivity contribution < 1.29 is 9.13 Å². The number of halogens is 2. The van der Waals surface area contributed by atoms with Crippen LogP contribution in [-0.2, 0) is 0 Å². The van der Waals surface area contributed by atoms with Crippen LogP contribution in [0.2, 0.25) is 5.28 Å². The van der Waals surface area contributed by atoms with Crippen molar-refractivity contribution in [1.82, 2.24) is 9.97 Å². The van der Waals surface area contributed by atoms with Gasteiger partial charge in [0.15, 0.2) is 5.75 Å². The molecule has 5 heteroatoms. The van der Waals surface area contributed by atoms with E-state index in [1.165, 1.54) is 36.7 Å². The molecule has 15 heavy (non-hydrogen) atoms. The number of benzene rings is 1. The summed E-state index contributed by atoms with van der Waals surface area (Å²) < 4.78 is 17.9. The van der Waals surface area contributed by atoms with Crippen molar-refractivity contribution in [3.63, 3.8) is 0 Å². The van der Waals surface area contributed by atoms with Crippen molar-refractivity contribution in [3.05, 3.63) is 47.8 Å². The SMILES string of the molecule is Fc1ccc(Oc2cnc(Cl)nc2)cc1. The summed E-state index contributed by atoms with van der Waals surface area (Å²) in [6.45, 7) is 0. The Labute approximate surface area is 90.5 Å². The van der Waals surface area contributed by atoms with Crippen LogP contribution in [0, 0.1) is 5.82 Å². The average Bonchev–Trinajstić information content (AvgIpc) is 2.25. The Morgan fingerprint density at radius 1 is 1.00 bits per heavy atom. The fourth-order valence-corrected chi connectivity index (χ4v) is 1.09. The molecular weight excluding hydrogens is 219 g/mol. The minimum absolute atomic E-state index is 0.154. The molecule has 0 fully saturated rings. The lowest BCUT2D eigenvalue weighted by atomic mass is 10.3. The maximum absolute atomic E-state index is 12.6. The van der Waals surface area contributed by atoms with Gasteiger partial charge in [-0.3, -0.25) is 0 Å². The van der Waals surface area contributed by atoms with E-state index in [1.807, 2.05) is 0 Å². The summed E-state index contributed by atoms with van der Waals surface area (Å²) in [6.07, 6.45) is 2.89. The van der Waals surface area contributed by atoms with E-state index in [4.69, 9.17) is 16.3 Å². The van der Waals surface area contributed by atoms with Crippen molar-refractivity contribution in [2.75, 3.05) is 0 Å². The molecule has 2 aromatic rings. The van der Waals surface area contributed by atoms with E-state index in [9.17, 15) is 4.39 Å². The summed E-state index contributed by atoms with van der Waals surface area (Å²) in [7, 11) is 0. The standard InChI is InChI=1S/C10H6ClFN2O/c11-10-13-5-9(6-14-10)15-8-3-1-7(12)2-4-8/h1-6H. The highest BCUT2D eigenvalue weighted by Crippen LogP contribution is 2.20. The molecule has 0 spiro atoms. The van der Waals surface area contributed by atoms with Crippen molar-refractivity contribution in [2.45, 2.75) is 0 Å². The number of nitrogens with zero attached hydrogens (tertiary/aromatic N) is 2. The van der Waals surface area contributed by atoms with Gasteiger partial charge in [-0.1, -0.05) is 0 Å². The molecule has 0 aliphatic rings. The molecule has 3 nitrogen and oxygen atoms in total. The fraction of sp³-hybridized carbons (Fsp3) is 0. The second kappa shape index (κ2) is 4.23. The Morgan fingerprint density at radius 3 is 2.20 bits per heavy atom. The number of rotatable bonds is 2. The quantitative estimate of drug-likeness (QED) is 0.736. The van der Waals surface area contributed by atoms with Crippen LogP contribution in [-0.4, -0.2) is 9.97 Å². The summed E-state index contributed by atoms with van der Waals surface area (Å²) in [5.41, 5.74) is 0. The molecule has 0 bridgehead atoms. The van der Waals surface area contributed by atoms with Crippen LogP contribution in [0.5, 0.6) is 11.5 Å². The zero-order valence-electron chi connectivity index (χ0n) is 7.52. The zero-order valence-corrected chi connectivity index (χ0v) is 8.28. The van der Waals surface area contributed by atoms with E-state index in [2.05, 4.69) is 9.97 Å². The van der Waals surface area contributed by atoms with Gasteiger partial charge in [0.2, 0.25) is 5.28 Å². The first kappa shape index (κ1) is 9.86. The maximum atomic E-state index is 12.6. The molecule has 0 aliphatic carbocycles. The van der Waals surface area contributed by atoms with Crippen molar-refractivity contribution in [1.29, 1.82) is 0 Å². The van der Waals surface area contributed by atoms with Crippen molar-refractivity contribution >= 4 is 11.6 Å². The van der Waals surface area contributed by atoms with Crippen LogP contribution >= 0.6 is 11.6 Å². The first-order valence-corrected chi connectivity index (χ1v) is 4.53. The van der Waals surface area contributed by atoms with Gasteiger partial charge in [-0.2, -0.15) is 0 Å². The molecule has 0 radical (unpaired) electrons. The Balaban J connectivity index is 2.15. The lowest BCUT2D eigenvalue weighted by Crippen LogP contribution is -1.87. The average molecular weight is 225 g/mol. The van der Waals surface area contributed by atoms with Crippen LogP contribution < -0.4 is 4.74 Å². The molecule has 1 aromatic heterocycles. The second-order valence-corrected chi connectivity index (χ2v) is 3.08. The first-order chi connectivity index (χ1) is 7.24. The number of ether oxygens (including phenoxy) is 1. The van der Waals surface area contributed by atoms with Crippen LogP contribution in [0.15, 0.2) is 36.7 Å². The van der Waals surface area contributed by atoms with E-state index >= 15 is 0 Å². The van der Waals surface area contributed by atoms with Gasteiger partial charge in [0.25, 0.3) is 0 Å². The van der Waals surface area contributed by atoms with Gasteiger partial charge in [0, 0.05) is 0 Å². The maximum Gasteiger partial charge on any atom is 0.222 e. The Hall–Kier alpha value is -1.68. The van der Waals surface area contributed by atoms with Gasteiger partial charge < -0.3 is 4.74 Å². The molecular formula is C10H6ClFN2O. The molecule has 0 saturated carbocycles. The molecule has 0 amide bonds. The van der Waals surface area contributed by atoms with Crippen LogP contribution in [0.1, 0.15) is 0 Å². The highest BCUT2D eigenvalue weighted by Gasteiger charge is 1.98. The molecule has 0 N–H and O–H groups in total. The predicted molar refractivity (Wildman–Crippen MR) is 53.5 cm³/mol. The summed E-state index contributed by atoms with van der Waals surface area (Å²) in [6, 6.07) is 5.66. The molecule has 1 heterocycles. The third kappa shape index (κ3) is 2.63. The van der Waals surface area contributed by atoms with Crippen LogP contribution in [0.25, 0.3) is 0 Å². The molecule has 0 saturated heterocycles. The summed E-state index contributed by atoms with van der Waals surface area (Å²) in [4.78, 5) is 7.50. The first-order valence-electron chi connectivity index (χ1n) is 4.15. The Morgan fingerprint density at radius 2 is 1.60 bits per heavy atom. The van der Waals surface area contributed by atoms with Crippen LogP contribution in [0.3, 0.4) is 0 Å². The minimum Gasteiger partial charge on any atom is -0.454 e. The highest BCUT2D eigenvalue weighted by atomic mass is 35.5. The normalized spacial score (nSPS) is 10.0. The number of hydrogen-bond acceptors (Lipinski definition) is 3. The van der Waals surface area contributed by atoms with Gasteiger partial charge >= 0.3 is 0 Å². The topological polar surface area (TPSA) is 35.0 Å². The molecule has 0 aliphatic heterocycles. The van der Waals surface area contributed by atoms with E-state index in [-0.39, 0.29) is 11.1 Å². The molecule has 0 unspecified atom stereocenters. The summed E-state index contributed by atoms with van der Waals surface area (Å²) in [5, 5.41) is 0.154. The van der Waals surface area contributed by atoms with E-state index in [0.29, 0.717) is 11.5 Å². The zero-order chi connectivity index (χ0) is 10.7. The van der Waals surface area contributed by atoms with E-state index < -0.39 is 0 Å². The number of aromatic nitrogens is 2.